The van der Waals surface area contributed by atoms with Crippen LogP contribution in [0.2, 0.25) is 0 Å². The Bertz CT molecular complexity index is 798. The number of thiophene rings is 1. The summed E-state index contributed by atoms with van der Waals surface area (Å²) in [7, 11) is 0. The summed E-state index contributed by atoms with van der Waals surface area (Å²) in [6, 6.07) is 11.7. The van der Waals surface area contributed by atoms with Crippen LogP contribution in [0.3, 0.4) is 0 Å². The molecule has 0 radical (unpaired) electrons. The van der Waals surface area contributed by atoms with Crippen LogP contribution in [0.4, 0.5) is 5.69 Å². The number of benzene rings is 1. The number of hydrogen-bond donors (Lipinski definition) is 2. The van der Waals surface area contributed by atoms with Crippen molar-refractivity contribution in [2.24, 2.45) is 0 Å². The van der Waals surface area contributed by atoms with E-state index in [1.807, 2.05) is 55.6 Å². The Morgan fingerprint density at radius 2 is 2.22 bits per heavy atom. The summed E-state index contributed by atoms with van der Waals surface area (Å²) in [6.45, 7) is 3.84. The summed E-state index contributed by atoms with van der Waals surface area (Å²) in [5, 5.41) is 12.3. The molecule has 3 rings (SSSR count). The fraction of sp³-hybridized carbons (Fsp3) is 0.188. The van der Waals surface area contributed by atoms with E-state index in [1.165, 1.54) is 11.8 Å². The highest BCUT2D eigenvalue weighted by Crippen LogP contribution is 2.25. The smallest absolute Gasteiger partial charge is 0.237 e. The van der Waals surface area contributed by atoms with Gasteiger partial charge in [-0.3, -0.25) is 9.89 Å². The van der Waals surface area contributed by atoms with Crippen LogP contribution in [0.1, 0.15) is 12.5 Å². The fourth-order valence-corrected chi connectivity index (χ4v) is 3.39. The summed E-state index contributed by atoms with van der Waals surface area (Å²) in [4.78, 5) is 17.7. The Morgan fingerprint density at radius 1 is 1.35 bits per heavy atom. The molecule has 0 aliphatic carbocycles. The predicted molar refractivity (Wildman–Crippen MR) is 94.8 cm³/mol. The number of thioether (sulfide) groups is 1. The lowest BCUT2D eigenvalue weighted by molar-refractivity contribution is -0.115. The molecular weight excluding hydrogens is 328 g/mol. The highest BCUT2D eigenvalue weighted by Gasteiger charge is 2.17. The second-order valence-electron chi connectivity index (χ2n) is 5.06. The van der Waals surface area contributed by atoms with Crippen molar-refractivity contribution in [2.75, 3.05) is 5.32 Å². The zero-order chi connectivity index (χ0) is 16.2. The van der Waals surface area contributed by atoms with Gasteiger partial charge in [-0.1, -0.05) is 30.0 Å². The third kappa shape index (κ3) is 4.00. The number of nitrogens with one attached hydrogen (secondary N) is 2. The van der Waals surface area contributed by atoms with Gasteiger partial charge in [0, 0.05) is 5.69 Å². The molecule has 2 heterocycles. The van der Waals surface area contributed by atoms with Gasteiger partial charge in [-0.15, -0.1) is 16.4 Å². The van der Waals surface area contributed by atoms with Crippen molar-refractivity contribution in [1.82, 2.24) is 15.2 Å². The van der Waals surface area contributed by atoms with E-state index >= 15 is 0 Å². The minimum atomic E-state index is -0.289. The number of aryl methyl sites for hydroxylation is 1. The lowest BCUT2D eigenvalue weighted by Gasteiger charge is -2.10. The third-order valence-corrected chi connectivity index (χ3v) is 4.99. The van der Waals surface area contributed by atoms with Crippen molar-refractivity contribution in [2.45, 2.75) is 24.3 Å². The first-order valence-corrected chi connectivity index (χ1v) is 8.88. The Labute approximate surface area is 142 Å². The van der Waals surface area contributed by atoms with E-state index < -0.39 is 0 Å². The summed E-state index contributed by atoms with van der Waals surface area (Å²) in [5.41, 5.74) is 1.91. The first kappa shape index (κ1) is 15.8. The van der Waals surface area contributed by atoms with Crippen LogP contribution in [0, 0.1) is 6.92 Å². The molecular formula is C16H16N4OS2. The molecule has 118 valence electrons. The number of carbonyl (C=O) groups is 1. The van der Waals surface area contributed by atoms with Crippen LogP contribution < -0.4 is 5.32 Å². The zero-order valence-corrected chi connectivity index (χ0v) is 14.4. The fourth-order valence-electron chi connectivity index (χ4n) is 2.00. The van der Waals surface area contributed by atoms with E-state index in [-0.39, 0.29) is 11.2 Å². The van der Waals surface area contributed by atoms with Crippen LogP contribution >= 0.6 is 23.1 Å². The highest BCUT2D eigenvalue weighted by atomic mass is 32.2. The van der Waals surface area contributed by atoms with Crippen LogP contribution in [0.15, 0.2) is 46.9 Å². The maximum atomic E-state index is 12.3. The van der Waals surface area contributed by atoms with Crippen molar-refractivity contribution < 1.29 is 4.79 Å². The van der Waals surface area contributed by atoms with Crippen LogP contribution in [0.5, 0.6) is 0 Å². The Morgan fingerprint density at radius 3 is 2.96 bits per heavy atom. The number of rotatable bonds is 5. The molecule has 0 saturated heterocycles. The molecule has 0 aliphatic rings. The monoisotopic (exact) mass is 344 g/mol. The quantitative estimate of drug-likeness (QED) is 0.687. The molecule has 1 atom stereocenters. The average Bonchev–Trinajstić information content (AvgIpc) is 3.17. The number of nitrogens with zero attached hydrogens (tertiary/aromatic N) is 2. The Balaban J connectivity index is 1.62. The first-order valence-electron chi connectivity index (χ1n) is 7.12. The number of anilines is 1. The molecule has 7 heteroatoms. The van der Waals surface area contributed by atoms with Gasteiger partial charge in [0.25, 0.3) is 0 Å². The molecule has 0 unspecified atom stereocenters. The maximum absolute atomic E-state index is 12.3. The Kier molecular flexibility index (Phi) is 4.78. The summed E-state index contributed by atoms with van der Waals surface area (Å²) in [5.74, 6) is 0.664. The van der Waals surface area contributed by atoms with Crippen molar-refractivity contribution >= 4 is 34.7 Å². The minimum Gasteiger partial charge on any atom is -0.325 e. The topological polar surface area (TPSA) is 70.7 Å². The van der Waals surface area contributed by atoms with Crippen LogP contribution in [-0.2, 0) is 4.79 Å². The normalized spacial score (nSPS) is 12.1. The summed E-state index contributed by atoms with van der Waals surface area (Å²) < 4.78 is 0. The van der Waals surface area contributed by atoms with Gasteiger partial charge in [-0.05, 0) is 43.0 Å². The number of aromatic nitrogens is 3. The van der Waals surface area contributed by atoms with Crippen molar-refractivity contribution in [3.8, 4) is 10.7 Å². The van der Waals surface area contributed by atoms with Gasteiger partial charge in [0.2, 0.25) is 11.1 Å². The van der Waals surface area contributed by atoms with Gasteiger partial charge in [-0.25, -0.2) is 4.98 Å². The molecule has 3 aromatic rings. The van der Waals surface area contributed by atoms with Gasteiger partial charge >= 0.3 is 0 Å². The summed E-state index contributed by atoms with van der Waals surface area (Å²) >= 11 is 2.93. The lowest BCUT2D eigenvalue weighted by Crippen LogP contribution is -2.22. The molecule has 2 N–H and O–H groups in total. The molecule has 2 aromatic heterocycles. The zero-order valence-electron chi connectivity index (χ0n) is 12.7. The SMILES string of the molecule is Cc1cccc(NC(=O)[C@H](C)Sc2n[nH]c(-c3cccs3)n2)c1. The van der Waals surface area contributed by atoms with E-state index in [4.69, 9.17) is 0 Å². The number of aromatic amines is 1. The third-order valence-electron chi connectivity index (χ3n) is 3.16. The predicted octanol–water partition coefficient (Wildman–Crippen LogP) is 3.96. The maximum Gasteiger partial charge on any atom is 0.237 e. The average molecular weight is 344 g/mol. The number of hydrogen-bond acceptors (Lipinski definition) is 5. The summed E-state index contributed by atoms with van der Waals surface area (Å²) in [6.07, 6.45) is 0. The van der Waals surface area contributed by atoms with Gasteiger partial charge in [0.15, 0.2) is 5.82 Å². The van der Waals surface area contributed by atoms with Gasteiger partial charge in [0.05, 0.1) is 10.1 Å². The second kappa shape index (κ2) is 6.97. The van der Waals surface area contributed by atoms with Crippen LogP contribution in [-0.4, -0.2) is 26.3 Å². The molecule has 0 bridgehead atoms. The molecule has 5 nitrogen and oxygen atoms in total. The van der Waals surface area contributed by atoms with Crippen molar-refractivity contribution in [3.63, 3.8) is 0 Å². The lowest BCUT2D eigenvalue weighted by atomic mass is 10.2. The van der Waals surface area contributed by atoms with Crippen molar-refractivity contribution in [3.05, 3.63) is 47.3 Å². The number of amides is 1. The molecule has 0 spiro atoms. The van der Waals surface area contributed by atoms with E-state index in [2.05, 4.69) is 20.5 Å². The van der Waals surface area contributed by atoms with E-state index in [0.29, 0.717) is 5.16 Å². The number of carbonyl (C=O) groups excluding carboxylic acids is 1. The van der Waals surface area contributed by atoms with E-state index in [1.54, 1.807) is 11.3 Å². The van der Waals surface area contributed by atoms with Gasteiger partial charge < -0.3 is 5.32 Å². The molecule has 0 aliphatic heterocycles. The number of H-pyrrole nitrogens is 1. The standard InChI is InChI=1S/C16H16N4OS2/c1-10-5-3-6-12(9-10)17-15(21)11(2)23-16-18-14(19-20-16)13-7-4-8-22-13/h3-9,11H,1-2H3,(H,17,21)(H,18,19,20)/t11-/m0/s1. The van der Waals surface area contributed by atoms with E-state index in [9.17, 15) is 4.79 Å². The Hall–Kier alpha value is -2.12. The second-order valence-corrected chi connectivity index (χ2v) is 7.32. The molecule has 1 aromatic carbocycles. The minimum absolute atomic E-state index is 0.0666. The van der Waals surface area contributed by atoms with Gasteiger partial charge in [0.1, 0.15) is 0 Å². The van der Waals surface area contributed by atoms with Gasteiger partial charge in [-0.2, -0.15) is 0 Å². The highest BCUT2D eigenvalue weighted by molar-refractivity contribution is 8.00. The molecule has 0 saturated carbocycles. The van der Waals surface area contributed by atoms with Crippen LogP contribution in [0.25, 0.3) is 10.7 Å². The first-order chi connectivity index (χ1) is 11.1. The van der Waals surface area contributed by atoms with Crippen molar-refractivity contribution in [1.29, 1.82) is 0 Å². The largest absolute Gasteiger partial charge is 0.325 e. The molecule has 0 fully saturated rings. The van der Waals surface area contributed by atoms with E-state index in [0.717, 1.165) is 22.0 Å². The molecule has 1 amide bonds. The molecule has 23 heavy (non-hydrogen) atoms.